The number of ether oxygens (including phenoxy) is 2. The Balaban J connectivity index is 1.70. The number of benzene rings is 1. The molecule has 9 heteroatoms. The zero-order valence-electron chi connectivity index (χ0n) is 20.3. The lowest BCUT2D eigenvalue weighted by molar-refractivity contribution is -0.140. The molecule has 0 spiro atoms. The fraction of sp³-hybridized carbons (Fsp3) is 0.385. The minimum atomic E-state index is -0.708. The third kappa shape index (κ3) is 5.35. The lowest BCUT2D eigenvalue weighted by Gasteiger charge is -2.31. The van der Waals surface area contributed by atoms with Crippen LogP contribution in [0.15, 0.2) is 55.0 Å². The molecule has 1 saturated heterocycles. The summed E-state index contributed by atoms with van der Waals surface area (Å²) >= 11 is 1.51. The van der Waals surface area contributed by atoms with Gasteiger partial charge in [-0.1, -0.05) is 24.3 Å². The summed E-state index contributed by atoms with van der Waals surface area (Å²) in [6.45, 7) is 5.80. The number of hydrogen-bond donors (Lipinski definition) is 0. The maximum absolute atomic E-state index is 13.9. The van der Waals surface area contributed by atoms with Crippen LogP contribution in [0, 0.1) is 0 Å². The summed E-state index contributed by atoms with van der Waals surface area (Å²) in [6.07, 6.45) is 4.80. The van der Waals surface area contributed by atoms with Crippen LogP contribution < -0.4 is 0 Å². The van der Waals surface area contributed by atoms with E-state index in [1.165, 1.54) is 23.8 Å². The second-order valence-electron chi connectivity index (χ2n) is 9.32. The molecule has 0 bridgehead atoms. The standard InChI is InChI=1S/C26H29N3O5S/c1-26(2,3)34-25(32)29-21(16-35-24(29)17-8-7-12-27-14-17)23(31)19-15-28(13-11-22(30)33-4)20-10-6-5-9-18(19)20/h5-10,12,14-15,21,24H,11,13,16H2,1-4H3/t21-,24?/m0/s1. The minimum Gasteiger partial charge on any atom is -0.469 e. The van der Waals surface area contributed by atoms with Crippen LogP contribution in [0.5, 0.6) is 0 Å². The predicted molar refractivity (Wildman–Crippen MR) is 134 cm³/mol. The number of carbonyl (C=O) groups is 3. The molecular weight excluding hydrogens is 466 g/mol. The largest absolute Gasteiger partial charge is 0.469 e. The average molecular weight is 496 g/mol. The Morgan fingerprint density at radius 3 is 2.60 bits per heavy atom. The third-order valence-corrected chi connectivity index (χ3v) is 7.04. The van der Waals surface area contributed by atoms with Crippen molar-refractivity contribution in [3.63, 3.8) is 0 Å². The van der Waals surface area contributed by atoms with E-state index in [-0.39, 0.29) is 23.5 Å². The summed E-state index contributed by atoms with van der Waals surface area (Å²) < 4.78 is 12.4. The zero-order chi connectivity index (χ0) is 25.2. The van der Waals surface area contributed by atoms with Gasteiger partial charge < -0.3 is 14.0 Å². The van der Waals surface area contributed by atoms with Gasteiger partial charge >= 0.3 is 12.1 Å². The zero-order valence-corrected chi connectivity index (χ0v) is 21.1. The first-order valence-electron chi connectivity index (χ1n) is 11.4. The number of nitrogens with zero attached hydrogens (tertiary/aromatic N) is 3. The van der Waals surface area contributed by atoms with Crippen molar-refractivity contribution in [2.24, 2.45) is 0 Å². The number of pyridine rings is 1. The Labute approximate surface area is 208 Å². The summed E-state index contributed by atoms with van der Waals surface area (Å²) in [5.41, 5.74) is 1.48. The summed E-state index contributed by atoms with van der Waals surface area (Å²) in [6, 6.07) is 10.6. The maximum Gasteiger partial charge on any atom is 0.412 e. The van der Waals surface area contributed by atoms with Crippen LogP contribution in [0.2, 0.25) is 0 Å². The second kappa shape index (κ2) is 10.1. The number of thioether (sulfide) groups is 1. The summed E-state index contributed by atoms with van der Waals surface area (Å²) in [7, 11) is 1.35. The number of esters is 1. The smallest absolute Gasteiger partial charge is 0.412 e. The SMILES string of the molecule is COC(=O)CCn1cc(C(=O)[C@@H]2CSC(c3cccnc3)N2C(=O)OC(C)(C)C)c2ccccc21. The van der Waals surface area contributed by atoms with Crippen LogP contribution in [0.1, 0.15) is 48.5 Å². The molecule has 8 nitrogen and oxygen atoms in total. The second-order valence-corrected chi connectivity index (χ2v) is 10.4. The Hall–Kier alpha value is -3.33. The molecule has 0 aliphatic carbocycles. The van der Waals surface area contributed by atoms with Gasteiger partial charge in [0.05, 0.1) is 13.5 Å². The van der Waals surface area contributed by atoms with Crippen LogP contribution in [-0.4, -0.2) is 56.8 Å². The molecule has 0 saturated carbocycles. The van der Waals surface area contributed by atoms with Gasteiger partial charge in [-0.05, 0) is 32.9 Å². The van der Waals surface area contributed by atoms with Crippen molar-refractivity contribution in [2.45, 2.75) is 50.8 Å². The van der Waals surface area contributed by atoms with E-state index < -0.39 is 17.7 Å². The van der Waals surface area contributed by atoms with Gasteiger partial charge in [0, 0.05) is 52.9 Å². The first kappa shape index (κ1) is 24.8. The van der Waals surface area contributed by atoms with Gasteiger partial charge in [-0.3, -0.25) is 19.5 Å². The Morgan fingerprint density at radius 2 is 1.91 bits per heavy atom. The van der Waals surface area contributed by atoms with Gasteiger partial charge in [-0.15, -0.1) is 11.8 Å². The number of Topliss-reactive ketones (excluding diaryl/α,β-unsaturated/α-hetero) is 1. The number of hydrogen-bond acceptors (Lipinski definition) is 7. The van der Waals surface area contributed by atoms with Crippen LogP contribution in [0.4, 0.5) is 4.79 Å². The molecule has 184 valence electrons. The van der Waals surface area contributed by atoms with Crippen LogP contribution in [0.3, 0.4) is 0 Å². The third-order valence-electron chi connectivity index (χ3n) is 5.72. The number of amides is 1. The molecule has 1 aliphatic rings. The molecule has 1 aliphatic heterocycles. The highest BCUT2D eigenvalue weighted by Gasteiger charge is 2.45. The van der Waals surface area contributed by atoms with E-state index in [0.717, 1.165) is 16.5 Å². The van der Waals surface area contributed by atoms with Crippen LogP contribution in [0.25, 0.3) is 10.9 Å². The molecule has 35 heavy (non-hydrogen) atoms. The van der Waals surface area contributed by atoms with E-state index >= 15 is 0 Å². The molecular formula is C26H29N3O5S. The molecule has 0 N–H and O–H groups in total. The van der Waals surface area contributed by atoms with Crippen molar-refractivity contribution in [1.82, 2.24) is 14.5 Å². The quantitative estimate of drug-likeness (QED) is 0.357. The molecule has 3 heterocycles. The molecule has 1 fully saturated rings. The molecule has 2 atom stereocenters. The predicted octanol–water partition coefficient (Wildman–Crippen LogP) is 4.83. The molecule has 3 aromatic rings. The molecule has 2 aromatic heterocycles. The fourth-order valence-corrected chi connectivity index (χ4v) is 5.55. The van der Waals surface area contributed by atoms with E-state index in [1.807, 2.05) is 41.0 Å². The van der Waals surface area contributed by atoms with Crippen molar-refractivity contribution < 1.29 is 23.9 Å². The van der Waals surface area contributed by atoms with Crippen LogP contribution in [-0.2, 0) is 20.8 Å². The number of aryl methyl sites for hydroxylation is 1. The van der Waals surface area contributed by atoms with Crippen molar-refractivity contribution in [3.8, 4) is 0 Å². The topological polar surface area (TPSA) is 90.7 Å². The van der Waals surface area contributed by atoms with Gasteiger partial charge in [0.2, 0.25) is 0 Å². The molecule has 1 unspecified atom stereocenters. The van der Waals surface area contributed by atoms with Crippen LogP contribution >= 0.6 is 11.8 Å². The van der Waals surface area contributed by atoms with Crippen molar-refractivity contribution >= 4 is 40.5 Å². The maximum atomic E-state index is 13.9. The van der Waals surface area contributed by atoms with E-state index in [0.29, 0.717) is 17.9 Å². The van der Waals surface area contributed by atoms with Gasteiger partial charge in [0.25, 0.3) is 0 Å². The Bertz CT molecular complexity index is 1230. The number of methoxy groups -OCH3 is 1. The molecule has 4 rings (SSSR count). The van der Waals surface area contributed by atoms with Crippen molar-refractivity contribution in [1.29, 1.82) is 0 Å². The fourth-order valence-electron chi connectivity index (χ4n) is 4.15. The van der Waals surface area contributed by atoms with Crippen molar-refractivity contribution in [3.05, 3.63) is 66.1 Å². The number of para-hydroxylation sites is 1. The van der Waals surface area contributed by atoms with Gasteiger partial charge in [0.15, 0.2) is 5.78 Å². The van der Waals surface area contributed by atoms with E-state index in [9.17, 15) is 14.4 Å². The molecule has 0 radical (unpaired) electrons. The van der Waals surface area contributed by atoms with Gasteiger partial charge in [-0.25, -0.2) is 4.79 Å². The number of aromatic nitrogens is 2. The summed E-state index contributed by atoms with van der Waals surface area (Å²) in [5, 5.41) is 0.390. The Morgan fingerprint density at radius 1 is 1.14 bits per heavy atom. The number of ketones is 1. The lowest BCUT2D eigenvalue weighted by atomic mass is 10.0. The van der Waals surface area contributed by atoms with Gasteiger partial charge in [-0.2, -0.15) is 0 Å². The Kier molecular flexibility index (Phi) is 7.16. The highest BCUT2D eigenvalue weighted by atomic mass is 32.2. The molecule has 1 amide bonds. The average Bonchev–Trinajstić information content (AvgIpc) is 3.44. The normalized spacial score (nSPS) is 18.0. The number of carbonyl (C=O) groups excluding carboxylic acids is 3. The number of fused-ring (bicyclic) bond motifs is 1. The monoisotopic (exact) mass is 495 g/mol. The molecule has 1 aromatic carbocycles. The van der Waals surface area contributed by atoms with E-state index in [1.54, 1.807) is 39.4 Å². The highest BCUT2D eigenvalue weighted by Crippen LogP contribution is 2.43. The summed E-state index contributed by atoms with van der Waals surface area (Å²) in [5.74, 6) is -0.0553. The van der Waals surface area contributed by atoms with Gasteiger partial charge in [0.1, 0.15) is 17.0 Å². The van der Waals surface area contributed by atoms with E-state index in [2.05, 4.69) is 4.98 Å². The first-order chi connectivity index (χ1) is 16.7. The highest BCUT2D eigenvalue weighted by molar-refractivity contribution is 7.99. The van der Waals surface area contributed by atoms with E-state index in [4.69, 9.17) is 9.47 Å². The number of rotatable bonds is 6. The van der Waals surface area contributed by atoms with Crippen molar-refractivity contribution in [2.75, 3.05) is 12.9 Å². The summed E-state index contributed by atoms with van der Waals surface area (Å²) in [4.78, 5) is 44.7. The first-order valence-corrected chi connectivity index (χ1v) is 12.5. The lowest BCUT2D eigenvalue weighted by Crippen LogP contribution is -2.45. The minimum absolute atomic E-state index is 0.164.